The Bertz CT molecular complexity index is 722. The van der Waals surface area contributed by atoms with E-state index in [-0.39, 0.29) is 5.91 Å². The highest BCUT2D eigenvalue weighted by Gasteiger charge is 2.21. The number of aryl methyl sites for hydroxylation is 3. The normalized spacial score (nSPS) is 16.0. The molecule has 134 valence electrons. The van der Waals surface area contributed by atoms with E-state index in [2.05, 4.69) is 29.6 Å². The Morgan fingerprint density at radius 1 is 1.08 bits per heavy atom. The molecule has 0 saturated carbocycles. The molecule has 0 aromatic carbocycles. The van der Waals surface area contributed by atoms with Crippen LogP contribution in [0.4, 0.5) is 0 Å². The number of aromatic nitrogens is 5. The molecule has 8 heteroatoms. The number of carbonyl (C=O) groups excluding carboxylic acids is 1. The second-order valence-electron chi connectivity index (χ2n) is 6.50. The summed E-state index contributed by atoms with van der Waals surface area (Å²) < 4.78 is 2.06. The van der Waals surface area contributed by atoms with Crippen LogP contribution in [0.5, 0.6) is 0 Å². The molecule has 0 unspecified atom stereocenters. The quantitative estimate of drug-likeness (QED) is 0.818. The van der Waals surface area contributed by atoms with Gasteiger partial charge in [-0.2, -0.15) is 0 Å². The molecule has 1 saturated heterocycles. The van der Waals surface area contributed by atoms with Gasteiger partial charge in [-0.1, -0.05) is 0 Å². The summed E-state index contributed by atoms with van der Waals surface area (Å²) in [5, 5.41) is 7.93. The van der Waals surface area contributed by atoms with Crippen LogP contribution in [-0.2, 0) is 6.54 Å². The Balaban J connectivity index is 1.57. The van der Waals surface area contributed by atoms with Crippen molar-refractivity contribution in [3.63, 3.8) is 0 Å². The topological polar surface area (TPSA) is 80.0 Å². The summed E-state index contributed by atoms with van der Waals surface area (Å²) in [6, 6.07) is 1.77. The van der Waals surface area contributed by atoms with E-state index in [0.717, 1.165) is 57.2 Å². The second kappa shape index (κ2) is 7.69. The minimum Gasteiger partial charge on any atom is -0.336 e. The number of amides is 1. The smallest absolute Gasteiger partial charge is 0.272 e. The highest BCUT2D eigenvalue weighted by Crippen LogP contribution is 2.09. The summed E-state index contributed by atoms with van der Waals surface area (Å²) in [7, 11) is 0. The van der Waals surface area contributed by atoms with Gasteiger partial charge < -0.3 is 9.47 Å². The Kier molecular flexibility index (Phi) is 5.37. The number of rotatable bonds is 4. The zero-order chi connectivity index (χ0) is 17.8. The van der Waals surface area contributed by atoms with Gasteiger partial charge >= 0.3 is 0 Å². The number of hydrogen-bond acceptors (Lipinski definition) is 6. The molecule has 3 heterocycles. The summed E-state index contributed by atoms with van der Waals surface area (Å²) in [5.41, 5.74) is 1.33. The van der Waals surface area contributed by atoms with Gasteiger partial charge in [0, 0.05) is 38.4 Å². The molecule has 2 aromatic rings. The molecule has 0 aliphatic carbocycles. The first kappa shape index (κ1) is 17.5. The van der Waals surface area contributed by atoms with Gasteiger partial charge in [0.05, 0.1) is 0 Å². The third kappa shape index (κ3) is 4.39. The molecule has 0 atom stereocenters. The molecule has 8 nitrogen and oxygen atoms in total. The summed E-state index contributed by atoms with van der Waals surface area (Å²) in [5.74, 6) is 1.58. The molecular formula is C17H25N7O. The van der Waals surface area contributed by atoms with Crippen molar-refractivity contribution in [3.05, 3.63) is 35.4 Å². The Labute approximate surface area is 147 Å². The van der Waals surface area contributed by atoms with Gasteiger partial charge in [0.1, 0.15) is 23.7 Å². The van der Waals surface area contributed by atoms with Gasteiger partial charge in [0.25, 0.3) is 5.91 Å². The molecule has 1 aliphatic rings. The minimum absolute atomic E-state index is 0.00473. The fourth-order valence-electron chi connectivity index (χ4n) is 3.17. The van der Waals surface area contributed by atoms with Gasteiger partial charge in [0.2, 0.25) is 0 Å². The summed E-state index contributed by atoms with van der Waals surface area (Å²) in [6.07, 6.45) is 2.73. The van der Waals surface area contributed by atoms with E-state index >= 15 is 0 Å². The van der Waals surface area contributed by atoms with E-state index in [1.165, 1.54) is 0 Å². The predicted molar refractivity (Wildman–Crippen MR) is 93.2 cm³/mol. The van der Waals surface area contributed by atoms with Crippen LogP contribution < -0.4 is 0 Å². The van der Waals surface area contributed by atoms with E-state index in [9.17, 15) is 4.79 Å². The maximum Gasteiger partial charge on any atom is 0.272 e. The zero-order valence-corrected chi connectivity index (χ0v) is 15.1. The Morgan fingerprint density at radius 2 is 1.92 bits per heavy atom. The van der Waals surface area contributed by atoms with Crippen molar-refractivity contribution in [2.24, 2.45) is 0 Å². The first-order chi connectivity index (χ1) is 12.0. The highest BCUT2D eigenvalue weighted by atomic mass is 16.2. The molecule has 0 radical (unpaired) electrons. The molecule has 25 heavy (non-hydrogen) atoms. The standard InChI is InChI=1S/C17H25N7O/c1-13-11-16(20-14(2)19-13)17(25)23-6-4-5-22(7-9-23)8-10-24-12-18-21-15(24)3/h11-12H,4-10H2,1-3H3. The van der Waals surface area contributed by atoms with Gasteiger partial charge in [-0.15, -0.1) is 10.2 Å². The van der Waals surface area contributed by atoms with Crippen LogP contribution in [0.25, 0.3) is 0 Å². The lowest BCUT2D eigenvalue weighted by Gasteiger charge is -2.22. The van der Waals surface area contributed by atoms with E-state index < -0.39 is 0 Å². The molecule has 2 aromatic heterocycles. The second-order valence-corrected chi connectivity index (χ2v) is 6.50. The molecule has 3 rings (SSSR count). The van der Waals surface area contributed by atoms with Crippen LogP contribution in [0.2, 0.25) is 0 Å². The third-order valence-electron chi connectivity index (χ3n) is 4.53. The lowest BCUT2D eigenvalue weighted by Crippen LogP contribution is -2.36. The van der Waals surface area contributed by atoms with Crippen LogP contribution >= 0.6 is 0 Å². The summed E-state index contributed by atoms with van der Waals surface area (Å²) >= 11 is 0. The average molecular weight is 343 g/mol. The van der Waals surface area contributed by atoms with Crippen LogP contribution in [-0.4, -0.2) is 73.2 Å². The number of hydrogen-bond donors (Lipinski definition) is 0. The first-order valence-corrected chi connectivity index (χ1v) is 8.71. The van der Waals surface area contributed by atoms with Gasteiger partial charge in [-0.25, -0.2) is 9.97 Å². The fraction of sp³-hybridized carbons (Fsp3) is 0.588. The van der Waals surface area contributed by atoms with Crippen molar-refractivity contribution in [1.82, 2.24) is 34.5 Å². The van der Waals surface area contributed by atoms with E-state index in [4.69, 9.17) is 0 Å². The molecule has 1 amide bonds. The van der Waals surface area contributed by atoms with Crippen molar-refractivity contribution < 1.29 is 4.79 Å². The average Bonchev–Trinajstić information content (AvgIpc) is 2.84. The predicted octanol–water partition coefficient (Wildman–Crippen LogP) is 0.841. The lowest BCUT2D eigenvalue weighted by atomic mass is 10.2. The molecule has 1 aliphatic heterocycles. The highest BCUT2D eigenvalue weighted by molar-refractivity contribution is 5.92. The monoisotopic (exact) mass is 343 g/mol. The van der Waals surface area contributed by atoms with Crippen LogP contribution in [0.15, 0.2) is 12.4 Å². The summed E-state index contributed by atoms with van der Waals surface area (Å²) in [4.78, 5) is 25.6. The largest absolute Gasteiger partial charge is 0.336 e. The minimum atomic E-state index is 0.00473. The maximum absolute atomic E-state index is 12.7. The maximum atomic E-state index is 12.7. The van der Waals surface area contributed by atoms with Crippen LogP contribution in [0.3, 0.4) is 0 Å². The zero-order valence-electron chi connectivity index (χ0n) is 15.1. The Hall–Kier alpha value is -2.35. The number of nitrogens with zero attached hydrogens (tertiary/aromatic N) is 7. The Morgan fingerprint density at radius 3 is 2.64 bits per heavy atom. The SMILES string of the molecule is Cc1cc(C(=O)N2CCCN(CCn3cnnc3C)CC2)nc(C)n1. The van der Waals surface area contributed by atoms with Gasteiger partial charge in [-0.05, 0) is 39.8 Å². The van der Waals surface area contributed by atoms with Crippen molar-refractivity contribution in [3.8, 4) is 0 Å². The van der Waals surface area contributed by atoms with Gasteiger partial charge in [-0.3, -0.25) is 9.69 Å². The van der Waals surface area contributed by atoms with Crippen LogP contribution in [0, 0.1) is 20.8 Å². The first-order valence-electron chi connectivity index (χ1n) is 8.71. The molecule has 0 spiro atoms. The molecule has 0 bridgehead atoms. The molecular weight excluding hydrogens is 318 g/mol. The van der Waals surface area contributed by atoms with Gasteiger partial charge in [0.15, 0.2) is 0 Å². The van der Waals surface area contributed by atoms with E-state index in [1.54, 1.807) is 12.4 Å². The van der Waals surface area contributed by atoms with E-state index in [1.807, 2.05) is 25.7 Å². The van der Waals surface area contributed by atoms with Crippen molar-refractivity contribution in [1.29, 1.82) is 0 Å². The van der Waals surface area contributed by atoms with Crippen molar-refractivity contribution >= 4 is 5.91 Å². The van der Waals surface area contributed by atoms with Crippen molar-refractivity contribution in [2.75, 3.05) is 32.7 Å². The van der Waals surface area contributed by atoms with Crippen LogP contribution in [0.1, 0.15) is 34.3 Å². The third-order valence-corrected chi connectivity index (χ3v) is 4.53. The lowest BCUT2D eigenvalue weighted by molar-refractivity contribution is 0.0754. The van der Waals surface area contributed by atoms with E-state index in [0.29, 0.717) is 11.5 Å². The fourth-order valence-corrected chi connectivity index (χ4v) is 3.17. The van der Waals surface area contributed by atoms with Crippen molar-refractivity contribution in [2.45, 2.75) is 33.7 Å². The summed E-state index contributed by atoms with van der Waals surface area (Å²) in [6.45, 7) is 10.8. The molecule has 0 N–H and O–H groups in total. The number of carbonyl (C=O) groups is 1. The molecule has 1 fully saturated rings.